The van der Waals surface area contributed by atoms with E-state index in [9.17, 15) is 13.2 Å². The minimum Gasteiger partial charge on any atom is -0.484 e. The number of nitrogens with zero attached hydrogens (tertiary/aromatic N) is 3. The third kappa shape index (κ3) is 7.07. The Morgan fingerprint density at radius 3 is 1.97 bits per heavy atom. The van der Waals surface area contributed by atoms with Gasteiger partial charge in [0.15, 0.2) is 6.61 Å². The molecule has 1 aliphatic rings. The van der Waals surface area contributed by atoms with Gasteiger partial charge < -0.3 is 9.64 Å². The fourth-order valence-electron chi connectivity index (χ4n) is 4.09. The maximum Gasteiger partial charge on any atom is 0.260 e. The van der Waals surface area contributed by atoms with Gasteiger partial charge in [0.25, 0.3) is 5.91 Å². The fraction of sp³-hybridized carbons (Fsp3) is 0.296. The van der Waals surface area contributed by atoms with E-state index in [1.54, 1.807) is 24.3 Å². The van der Waals surface area contributed by atoms with Crippen LogP contribution >= 0.6 is 0 Å². The number of sulfonamides is 1. The average Bonchev–Trinajstić information content (AvgIpc) is 2.87. The summed E-state index contributed by atoms with van der Waals surface area (Å²) in [6.07, 6.45) is 1.19. The Bertz CT molecular complexity index is 1190. The standard InChI is InChI=1S/C27H31N3O4S/c1-35(32,33)30(21-24-10-6-3-7-11-24)25-12-14-26(15-13-25)34-22-27(31)29-18-16-28(17-19-29)20-23-8-4-2-5-9-23/h2-15H,16-22H2,1H3. The first-order valence-corrected chi connectivity index (χ1v) is 13.5. The summed E-state index contributed by atoms with van der Waals surface area (Å²) in [6, 6.07) is 26.6. The molecular weight excluding hydrogens is 462 g/mol. The van der Waals surface area contributed by atoms with Gasteiger partial charge in [0.05, 0.1) is 18.5 Å². The summed E-state index contributed by atoms with van der Waals surface area (Å²) in [4.78, 5) is 16.8. The highest BCUT2D eigenvalue weighted by molar-refractivity contribution is 7.92. The molecule has 0 aromatic heterocycles. The largest absolute Gasteiger partial charge is 0.484 e. The number of anilines is 1. The summed E-state index contributed by atoms with van der Waals surface area (Å²) in [5, 5.41) is 0. The molecule has 1 aliphatic heterocycles. The van der Waals surface area contributed by atoms with Crippen LogP contribution in [0, 0.1) is 0 Å². The molecule has 0 N–H and O–H groups in total. The smallest absolute Gasteiger partial charge is 0.260 e. The van der Waals surface area contributed by atoms with E-state index in [4.69, 9.17) is 4.74 Å². The molecule has 3 aromatic carbocycles. The van der Waals surface area contributed by atoms with Crippen molar-refractivity contribution in [2.24, 2.45) is 0 Å². The van der Waals surface area contributed by atoms with Gasteiger partial charge in [0, 0.05) is 32.7 Å². The van der Waals surface area contributed by atoms with Gasteiger partial charge in [-0.3, -0.25) is 14.0 Å². The summed E-state index contributed by atoms with van der Waals surface area (Å²) in [7, 11) is -3.47. The Kier molecular flexibility index (Phi) is 8.05. The average molecular weight is 494 g/mol. The second-order valence-corrected chi connectivity index (χ2v) is 10.6. The number of piperazine rings is 1. The zero-order chi connectivity index (χ0) is 24.7. The van der Waals surface area contributed by atoms with E-state index in [0.29, 0.717) is 24.5 Å². The second-order valence-electron chi connectivity index (χ2n) is 8.68. The lowest BCUT2D eigenvalue weighted by molar-refractivity contribution is -0.135. The molecule has 7 nitrogen and oxygen atoms in total. The van der Waals surface area contributed by atoms with Crippen LogP contribution in [0.5, 0.6) is 5.75 Å². The minimum absolute atomic E-state index is 0.0438. The van der Waals surface area contributed by atoms with Crippen LogP contribution in [0.3, 0.4) is 0 Å². The zero-order valence-corrected chi connectivity index (χ0v) is 20.7. The van der Waals surface area contributed by atoms with E-state index in [1.807, 2.05) is 53.4 Å². The van der Waals surface area contributed by atoms with Crippen molar-refractivity contribution in [2.45, 2.75) is 13.1 Å². The Hall–Kier alpha value is -3.36. The van der Waals surface area contributed by atoms with Crippen LogP contribution in [0.4, 0.5) is 5.69 Å². The summed E-state index contributed by atoms with van der Waals surface area (Å²) in [6.45, 7) is 4.11. The molecule has 1 amide bonds. The molecule has 4 rings (SSSR count). The number of hydrogen-bond acceptors (Lipinski definition) is 5. The van der Waals surface area contributed by atoms with Gasteiger partial charge in [-0.1, -0.05) is 60.7 Å². The van der Waals surface area contributed by atoms with Crippen molar-refractivity contribution in [3.63, 3.8) is 0 Å². The van der Waals surface area contributed by atoms with Gasteiger partial charge in [0.2, 0.25) is 10.0 Å². The maximum atomic E-state index is 12.6. The Morgan fingerprint density at radius 2 is 1.40 bits per heavy atom. The maximum absolute atomic E-state index is 12.6. The fourth-order valence-corrected chi connectivity index (χ4v) is 4.98. The van der Waals surface area contributed by atoms with E-state index in [1.165, 1.54) is 16.1 Å². The van der Waals surface area contributed by atoms with Gasteiger partial charge in [-0.05, 0) is 35.4 Å². The highest BCUT2D eigenvalue weighted by Gasteiger charge is 2.22. The Morgan fingerprint density at radius 1 is 0.829 bits per heavy atom. The molecule has 184 valence electrons. The molecule has 35 heavy (non-hydrogen) atoms. The molecule has 0 radical (unpaired) electrons. The first kappa shape index (κ1) is 24.8. The van der Waals surface area contributed by atoms with Crippen molar-refractivity contribution in [2.75, 3.05) is 43.3 Å². The Balaban J connectivity index is 1.28. The van der Waals surface area contributed by atoms with Crippen molar-refractivity contribution in [3.8, 4) is 5.75 Å². The van der Waals surface area contributed by atoms with Crippen LogP contribution in [0.25, 0.3) is 0 Å². The molecule has 0 aliphatic carbocycles. The lowest BCUT2D eigenvalue weighted by atomic mass is 10.2. The zero-order valence-electron chi connectivity index (χ0n) is 19.9. The molecular formula is C27H31N3O4S. The van der Waals surface area contributed by atoms with Crippen LogP contribution < -0.4 is 9.04 Å². The van der Waals surface area contributed by atoms with E-state index in [2.05, 4.69) is 17.0 Å². The molecule has 0 atom stereocenters. The van der Waals surface area contributed by atoms with Gasteiger partial charge in [-0.25, -0.2) is 8.42 Å². The first-order valence-electron chi connectivity index (χ1n) is 11.7. The van der Waals surface area contributed by atoms with Gasteiger partial charge in [-0.15, -0.1) is 0 Å². The quantitative estimate of drug-likeness (QED) is 0.457. The number of amides is 1. The van der Waals surface area contributed by atoms with Crippen molar-refractivity contribution < 1.29 is 17.9 Å². The molecule has 0 spiro atoms. The third-order valence-corrected chi connectivity index (χ3v) is 7.17. The normalized spacial score (nSPS) is 14.5. The van der Waals surface area contributed by atoms with Crippen LogP contribution in [0.15, 0.2) is 84.9 Å². The predicted molar refractivity (Wildman–Crippen MR) is 138 cm³/mol. The first-order chi connectivity index (χ1) is 16.9. The molecule has 1 heterocycles. The number of rotatable bonds is 9. The molecule has 0 unspecified atom stereocenters. The van der Waals surface area contributed by atoms with E-state index < -0.39 is 10.0 Å². The van der Waals surface area contributed by atoms with Crippen molar-refractivity contribution in [1.82, 2.24) is 9.80 Å². The summed E-state index contributed by atoms with van der Waals surface area (Å²) in [5.41, 5.74) is 2.72. The Labute approximate surface area is 207 Å². The lowest BCUT2D eigenvalue weighted by Crippen LogP contribution is -2.49. The molecule has 3 aromatic rings. The van der Waals surface area contributed by atoms with Crippen molar-refractivity contribution in [3.05, 3.63) is 96.1 Å². The molecule has 0 saturated carbocycles. The predicted octanol–water partition coefficient (Wildman–Crippen LogP) is 3.38. The summed E-state index contributed by atoms with van der Waals surface area (Å²) < 4.78 is 31.8. The van der Waals surface area contributed by atoms with Gasteiger partial charge >= 0.3 is 0 Å². The molecule has 1 saturated heterocycles. The minimum atomic E-state index is -3.47. The summed E-state index contributed by atoms with van der Waals surface area (Å²) in [5.74, 6) is 0.480. The van der Waals surface area contributed by atoms with E-state index >= 15 is 0 Å². The van der Waals surface area contributed by atoms with Crippen LogP contribution in [-0.4, -0.2) is 63.2 Å². The highest BCUT2D eigenvalue weighted by atomic mass is 32.2. The summed E-state index contributed by atoms with van der Waals surface area (Å²) >= 11 is 0. The number of carbonyl (C=O) groups excluding carboxylic acids is 1. The number of ether oxygens (including phenoxy) is 1. The van der Waals surface area contributed by atoms with Crippen LogP contribution in [0.1, 0.15) is 11.1 Å². The van der Waals surface area contributed by atoms with Gasteiger partial charge in [-0.2, -0.15) is 0 Å². The van der Waals surface area contributed by atoms with Crippen molar-refractivity contribution in [1.29, 1.82) is 0 Å². The highest BCUT2D eigenvalue weighted by Crippen LogP contribution is 2.24. The van der Waals surface area contributed by atoms with E-state index in [-0.39, 0.29) is 19.1 Å². The van der Waals surface area contributed by atoms with E-state index in [0.717, 1.165) is 25.2 Å². The van der Waals surface area contributed by atoms with Gasteiger partial charge in [0.1, 0.15) is 5.75 Å². The SMILES string of the molecule is CS(=O)(=O)N(Cc1ccccc1)c1ccc(OCC(=O)N2CCN(Cc3ccccc3)CC2)cc1. The molecule has 8 heteroatoms. The topological polar surface area (TPSA) is 70.2 Å². The molecule has 0 bridgehead atoms. The second kappa shape index (κ2) is 11.4. The van der Waals surface area contributed by atoms with Crippen molar-refractivity contribution >= 4 is 21.6 Å². The lowest BCUT2D eigenvalue weighted by Gasteiger charge is -2.34. The third-order valence-electron chi connectivity index (χ3n) is 6.03. The van der Waals surface area contributed by atoms with Crippen LogP contribution in [0.2, 0.25) is 0 Å². The monoisotopic (exact) mass is 493 g/mol. The van der Waals surface area contributed by atoms with Crippen LogP contribution in [-0.2, 0) is 27.9 Å². The number of hydrogen-bond donors (Lipinski definition) is 0. The molecule has 1 fully saturated rings. The number of benzene rings is 3. The number of carbonyl (C=O) groups is 1.